The van der Waals surface area contributed by atoms with Crippen molar-refractivity contribution in [1.29, 1.82) is 0 Å². The van der Waals surface area contributed by atoms with Gasteiger partial charge in [0.05, 0.1) is 21.9 Å². The third-order valence-corrected chi connectivity index (χ3v) is 7.06. The molecule has 0 bridgehead atoms. The number of carboxylic acids is 1. The molecule has 8 heteroatoms. The van der Waals surface area contributed by atoms with E-state index < -0.39 is 15.8 Å². The van der Waals surface area contributed by atoms with Gasteiger partial charge < -0.3 is 14.8 Å². The first kappa shape index (κ1) is 24.2. The summed E-state index contributed by atoms with van der Waals surface area (Å²) < 4.78 is 30.0. The lowest BCUT2D eigenvalue weighted by molar-refractivity contribution is 0.0698. The standard InChI is InChI=1S/C27H25NO6S/c1-15-13-21(17(3)28-23-8-6-5-7-20(23)27(30)31)26-22(14-15)24(29)16(2)25(34-26)18-9-11-19(12-10-18)35(4,32)33/h5-14,17,28H,1-4H3,(H,30,31). The van der Waals surface area contributed by atoms with Crippen molar-refractivity contribution in [3.8, 4) is 11.3 Å². The van der Waals surface area contributed by atoms with Crippen molar-refractivity contribution in [2.24, 2.45) is 0 Å². The highest BCUT2D eigenvalue weighted by Crippen LogP contribution is 2.33. The SMILES string of the molecule is Cc1cc(C(C)Nc2ccccc2C(=O)O)c2oc(-c3ccc(S(C)(=O)=O)cc3)c(C)c(=O)c2c1. The van der Waals surface area contributed by atoms with E-state index in [0.717, 1.165) is 11.8 Å². The van der Waals surface area contributed by atoms with Crippen LogP contribution in [0.15, 0.2) is 74.8 Å². The number of aryl methyl sites for hydroxylation is 1. The predicted octanol–water partition coefficient (Wildman–Crippen LogP) is 5.35. The van der Waals surface area contributed by atoms with Gasteiger partial charge in [-0.3, -0.25) is 4.79 Å². The Morgan fingerprint density at radius 3 is 2.31 bits per heavy atom. The molecule has 180 valence electrons. The fourth-order valence-corrected chi connectivity index (χ4v) is 4.76. The van der Waals surface area contributed by atoms with Gasteiger partial charge in [-0.05, 0) is 68.8 Å². The maximum Gasteiger partial charge on any atom is 0.337 e. The topological polar surface area (TPSA) is 114 Å². The summed E-state index contributed by atoms with van der Waals surface area (Å²) in [6, 6.07) is 16.1. The lowest BCUT2D eigenvalue weighted by Crippen LogP contribution is -2.14. The minimum Gasteiger partial charge on any atom is -0.478 e. The maximum atomic E-state index is 13.3. The first-order valence-electron chi connectivity index (χ1n) is 10.9. The van der Waals surface area contributed by atoms with E-state index in [0.29, 0.717) is 39.1 Å². The van der Waals surface area contributed by atoms with Crippen LogP contribution in [0.2, 0.25) is 0 Å². The number of carboxylic acid groups (broad SMARTS) is 1. The van der Waals surface area contributed by atoms with Crippen LogP contribution < -0.4 is 10.7 Å². The molecule has 35 heavy (non-hydrogen) atoms. The molecule has 0 saturated heterocycles. The number of rotatable bonds is 6. The molecule has 4 rings (SSSR count). The van der Waals surface area contributed by atoms with E-state index in [1.165, 1.54) is 18.2 Å². The normalized spacial score (nSPS) is 12.5. The van der Waals surface area contributed by atoms with E-state index in [4.69, 9.17) is 4.42 Å². The molecular formula is C27H25NO6S. The van der Waals surface area contributed by atoms with Gasteiger partial charge >= 0.3 is 5.97 Å². The Labute approximate surface area is 203 Å². The largest absolute Gasteiger partial charge is 0.478 e. The van der Waals surface area contributed by atoms with Crippen LogP contribution in [0.3, 0.4) is 0 Å². The van der Waals surface area contributed by atoms with Gasteiger partial charge in [0, 0.05) is 28.6 Å². The number of para-hydroxylation sites is 1. The molecule has 7 nitrogen and oxygen atoms in total. The molecule has 0 spiro atoms. The van der Waals surface area contributed by atoms with Crippen LogP contribution in [0.25, 0.3) is 22.3 Å². The molecule has 0 aliphatic carbocycles. The van der Waals surface area contributed by atoms with Gasteiger partial charge in [-0.1, -0.05) is 18.2 Å². The van der Waals surface area contributed by atoms with Gasteiger partial charge in [-0.15, -0.1) is 0 Å². The fraction of sp³-hybridized carbons (Fsp3) is 0.185. The summed E-state index contributed by atoms with van der Waals surface area (Å²) in [5.41, 5.74) is 3.36. The fourth-order valence-electron chi connectivity index (χ4n) is 4.12. The van der Waals surface area contributed by atoms with Crippen molar-refractivity contribution in [3.05, 3.63) is 93.1 Å². The van der Waals surface area contributed by atoms with Crippen LogP contribution in [0.4, 0.5) is 5.69 Å². The number of carbonyl (C=O) groups is 1. The highest BCUT2D eigenvalue weighted by atomic mass is 32.2. The molecule has 4 aromatic rings. The zero-order valence-corrected chi connectivity index (χ0v) is 20.6. The number of fused-ring (bicyclic) bond motifs is 1. The summed E-state index contributed by atoms with van der Waals surface area (Å²) in [5, 5.41) is 13.2. The first-order valence-corrected chi connectivity index (χ1v) is 12.8. The van der Waals surface area contributed by atoms with Gasteiger partial charge in [0.1, 0.15) is 11.3 Å². The molecule has 0 amide bonds. The molecule has 0 fully saturated rings. The van der Waals surface area contributed by atoms with E-state index in [2.05, 4.69) is 5.32 Å². The second-order valence-electron chi connectivity index (χ2n) is 8.63. The minimum absolute atomic E-state index is 0.139. The number of nitrogens with one attached hydrogen (secondary N) is 1. The third-order valence-electron chi connectivity index (χ3n) is 5.93. The van der Waals surface area contributed by atoms with Crippen molar-refractivity contribution >= 4 is 32.5 Å². The second-order valence-corrected chi connectivity index (χ2v) is 10.6. The van der Waals surface area contributed by atoms with Gasteiger partial charge in [0.25, 0.3) is 0 Å². The monoisotopic (exact) mass is 491 g/mol. The summed E-state index contributed by atoms with van der Waals surface area (Å²) in [4.78, 5) is 25.1. The summed E-state index contributed by atoms with van der Waals surface area (Å²) in [6.07, 6.45) is 1.13. The number of hydrogen-bond donors (Lipinski definition) is 2. The number of benzene rings is 3. The average Bonchev–Trinajstić information content (AvgIpc) is 2.81. The molecule has 1 atom stereocenters. The molecule has 2 N–H and O–H groups in total. The Kier molecular flexibility index (Phi) is 6.25. The predicted molar refractivity (Wildman–Crippen MR) is 136 cm³/mol. The lowest BCUT2D eigenvalue weighted by atomic mass is 9.98. The van der Waals surface area contributed by atoms with Gasteiger partial charge in [0.15, 0.2) is 15.3 Å². The van der Waals surface area contributed by atoms with E-state index in [-0.39, 0.29) is 21.9 Å². The molecule has 1 aromatic heterocycles. The smallest absolute Gasteiger partial charge is 0.337 e. The summed E-state index contributed by atoms with van der Waals surface area (Å²) in [7, 11) is -3.36. The summed E-state index contributed by atoms with van der Waals surface area (Å²) >= 11 is 0. The van der Waals surface area contributed by atoms with Crippen LogP contribution in [0.5, 0.6) is 0 Å². The van der Waals surface area contributed by atoms with Gasteiger partial charge in [-0.2, -0.15) is 0 Å². The molecule has 1 heterocycles. The van der Waals surface area contributed by atoms with Crippen LogP contribution in [0, 0.1) is 13.8 Å². The van der Waals surface area contributed by atoms with E-state index in [1.54, 1.807) is 43.3 Å². The van der Waals surface area contributed by atoms with E-state index in [9.17, 15) is 23.1 Å². The van der Waals surface area contributed by atoms with Crippen LogP contribution >= 0.6 is 0 Å². The van der Waals surface area contributed by atoms with Crippen molar-refractivity contribution in [2.45, 2.75) is 31.7 Å². The Balaban J connectivity index is 1.87. The average molecular weight is 492 g/mol. The van der Waals surface area contributed by atoms with E-state index in [1.807, 2.05) is 19.9 Å². The highest BCUT2D eigenvalue weighted by molar-refractivity contribution is 7.90. The molecule has 0 saturated carbocycles. The Morgan fingerprint density at radius 1 is 1.03 bits per heavy atom. The number of hydrogen-bond acceptors (Lipinski definition) is 6. The Hall–Kier alpha value is -3.91. The van der Waals surface area contributed by atoms with Gasteiger partial charge in [-0.25, -0.2) is 13.2 Å². The van der Waals surface area contributed by atoms with Crippen LogP contribution in [-0.4, -0.2) is 25.7 Å². The van der Waals surface area contributed by atoms with Crippen LogP contribution in [-0.2, 0) is 9.84 Å². The number of sulfone groups is 1. The Bertz CT molecular complexity index is 1620. The van der Waals surface area contributed by atoms with E-state index >= 15 is 0 Å². The van der Waals surface area contributed by atoms with Crippen LogP contribution in [0.1, 0.15) is 40.0 Å². The maximum absolute atomic E-state index is 13.3. The molecule has 0 radical (unpaired) electrons. The minimum atomic E-state index is -3.36. The van der Waals surface area contributed by atoms with Gasteiger partial charge in [0.2, 0.25) is 0 Å². The molecule has 0 aliphatic heterocycles. The lowest BCUT2D eigenvalue weighted by Gasteiger charge is -2.20. The van der Waals surface area contributed by atoms with Crippen molar-refractivity contribution in [2.75, 3.05) is 11.6 Å². The number of anilines is 1. The van der Waals surface area contributed by atoms with Crippen molar-refractivity contribution in [3.63, 3.8) is 0 Å². The van der Waals surface area contributed by atoms with Crippen molar-refractivity contribution < 1.29 is 22.7 Å². The molecule has 3 aromatic carbocycles. The number of aromatic carboxylic acids is 1. The summed E-state index contributed by atoms with van der Waals surface area (Å²) in [5.74, 6) is -0.692. The summed E-state index contributed by atoms with van der Waals surface area (Å²) in [6.45, 7) is 5.43. The molecule has 1 unspecified atom stereocenters. The zero-order valence-electron chi connectivity index (χ0n) is 19.7. The Morgan fingerprint density at radius 2 is 1.69 bits per heavy atom. The third kappa shape index (κ3) is 4.70. The first-order chi connectivity index (χ1) is 16.5. The quantitative estimate of drug-likeness (QED) is 0.374. The molecular weight excluding hydrogens is 466 g/mol. The second kappa shape index (κ2) is 9.03. The highest BCUT2D eigenvalue weighted by Gasteiger charge is 2.20. The van der Waals surface area contributed by atoms with Crippen molar-refractivity contribution in [1.82, 2.24) is 0 Å². The molecule has 0 aliphatic rings. The zero-order chi connectivity index (χ0) is 25.5.